The van der Waals surface area contributed by atoms with Crippen molar-refractivity contribution < 1.29 is 14.1 Å². The highest BCUT2D eigenvalue weighted by atomic mass is 35.6. The van der Waals surface area contributed by atoms with E-state index in [1.165, 1.54) is 42.5 Å². The zero-order valence-electron chi connectivity index (χ0n) is 13.8. The molecule has 1 atom stereocenters. The summed E-state index contributed by atoms with van der Waals surface area (Å²) < 4.78 is 10.9. The van der Waals surface area contributed by atoms with Crippen molar-refractivity contribution in [2.75, 3.05) is 5.32 Å². The van der Waals surface area contributed by atoms with Crippen LogP contribution < -0.4 is 16.0 Å². The van der Waals surface area contributed by atoms with Gasteiger partial charge in [-0.05, 0) is 42.5 Å². The number of carbonyl (C=O) groups excluding carboxylic acids is 1. The fraction of sp³-hybridized carbons (Fsp3) is 0.125. The number of carbonyl (C=O) groups is 1. The summed E-state index contributed by atoms with van der Waals surface area (Å²) in [5.74, 6) is -1.15. The first-order valence-electron chi connectivity index (χ1n) is 7.51. The summed E-state index contributed by atoms with van der Waals surface area (Å²) in [7, 11) is 0. The average Bonchev–Trinajstić information content (AvgIpc) is 2.62. The predicted octanol–water partition coefficient (Wildman–Crippen LogP) is 4.15. The van der Waals surface area contributed by atoms with Crippen molar-refractivity contribution in [1.82, 2.24) is 10.6 Å². The number of non-ortho nitro benzene ring substituents is 1. The molecule has 0 aromatic heterocycles. The third-order valence-electron chi connectivity index (χ3n) is 3.30. The maximum absolute atomic E-state index is 13.0. The first kappa shape index (κ1) is 22.1. The summed E-state index contributed by atoms with van der Waals surface area (Å²) in [6.07, 6.45) is -1.27. The highest BCUT2D eigenvalue weighted by Crippen LogP contribution is 2.29. The van der Waals surface area contributed by atoms with Crippen molar-refractivity contribution in [3.63, 3.8) is 0 Å². The van der Waals surface area contributed by atoms with E-state index in [4.69, 9.17) is 47.0 Å². The Balaban J connectivity index is 2.10. The van der Waals surface area contributed by atoms with Crippen LogP contribution in [0.2, 0.25) is 0 Å². The number of amides is 1. The van der Waals surface area contributed by atoms with Crippen molar-refractivity contribution in [2.45, 2.75) is 9.96 Å². The molecule has 1 amide bonds. The molecule has 0 aliphatic carbocycles. The maximum Gasteiger partial charge on any atom is 0.270 e. The van der Waals surface area contributed by atoms with E-state index in [-0.39, 0.29) is 16.4 Å². The minimum absolute atomic E-state index is 0.00679. The van der Waals surface area contributed by atoms with E-state index in [1.807, 2.05) is 0 Å². The predicted molar refractivity (Wildman–Crippen MR) is 110 cm³/mol. The summed E-state index contributed by atoms with van der Waals surface area (Å²) in [5.41, 5.74) is 0.194. The first-order valence-corrected chi connectivity index (χ1v) is 9.05. The molecule has 2 aromatic rings. The molecule has 2 rings (SSSR count). The zero-order valence-corrected chi connectivity index (χ0v) is 16.9. The van der Waals surface area contributed by atoms with Crippen LogP contribution >= 0.6 is 47.0 Å². The Morgan fingerprint density at radius 3 is 2.36 bits per heavy atom. The van der Waals surface area contributed by atoms with Gasteiger partial charge < -0.3 is 16.0 Å². The Hall–Kier alpha value is -2.20. The Kier molecular flexibility index (Phi) is 7.36. The Morgan fingerprint density at radius 1 is 1.14 bits per heavy atom. The minimum atomic E-state index is -2.01. The molecule has 0 saturated heterocycles. The summed E-state index contributed by atoms with van der Waals surface area (Å²) in [6, 6.07) is 10.4. The SMILES string of the molecule is O=C(N[C@@H](NC(=S)Nc1ccc(F)cc1)C(Cl)(Cl)Cl)c1cccc([N+](=O)[O-])c1. The number of rotatable bonds is 5. The van der Waals surface area contributed by atoms with Gasteiger partial charge >= 0.3 is 0 Å². The van der Waals surface area contributed by atoms with Gasteiger partial charge in [0.25, 0.3) is 11.6 Å². The van der Waals surface area contributed by atoms with Crippen LogP contribution in [0.15, 0.2) is 48.5 Å². The van der Waals surface area contributed by atoms with E-state index in [0.29, 0.717) is 5.69 Å². The molecule has 12 heteroatoms. The number of hydrogen-bond donors (Lipinski definition) is 3. The quantitative estimate of drug-likeness (QED) is 0.202. The molecule has 28 heavy (non-hydrogen) atoms. The number of hydrogen-bond acceptors (Lipinski definition) is 4. The van der Waals surface area contributed by atoms with Crippen molar-refractivity contribution in [3.8, 4) is 0 Å². The summed E-state index contributed by atoms with van der Waals surface area (Å²) in [4.78, 5) is 22.6. The Morgan fingerprint density at radius 2 is 1.79 bits per heavy atom. The number of alkyl halides is 3. The molecular weight excluding hydrogens is 454 g/mol. The molecule has 7 nitrogen and oxygen atoms in total. The van der Waals surface area contributed by atoms with Crippen LogP contribution in [0.1, 0.15) is 10.4 Å². The van der Waals surface area contributed by atoms with Crippen LogP contribution in [-0.4, -0.2) is 25.9 Å². The monoisotopic (exact) mass is 464 g/mol. The number of thiocarbonyl (C=S) groups is 1. The van der Waals surface area contributed by atoms with Crippen LogP contribution in [0.25, 0.3) is 0 Å². The van der Waals surface area contributed by atoms with Crippen LogP contribution in [0.4, 0.5) is 15.8 Å². The van der Waals surface area contributed by atoms with E-state index in [2.05, 4.69) is 16.0 Å². The van der Waals surface area contributed by atoms with E-state index in [9.17, 15) is 19.3 Å². The third kappa shape index (κ3) is 6.45. The number of nitro benzene ring substituents is 1. The van der Waals surface area contributed by atoms with Crippen molar-refractivity contribution in [3.05, 3.63) is 70.0 Å². The lowest BCUT2D eigenvalue weighted by atomic mass is 10.2. The molecule has 0 unspecified atom stereocenters. The topological polar surface area (TPSA) is 96.3 Å². The fourth-order valence-corrected chi connectivity index (χ4v) is 2.57. The highest BCUT2D eigenvalue weighted by molar-refractivity contribution is 7.80. The molecule has 3 N–H and O–H groups in total. The van der Waals surface area contributed by atoms with Gasteiger partial charge in [0.2, 0.25) is 3.79 Å². The molecule has 0 heterocycles. The second-order valence-corrected chi connectivity index (χ2v) is 8.14. The fourth-order valence-electron chi connectivity index (χ4n) is 2.01. The van der Waals surface area contributed by atoms with E-state index in [0.717, 1.165) is 6.07 Å². The lowest BCUT2D eigenvalue weighted by Gasteiger charge is -2.27. The van der Waals surface area contributed by atoms with Gasteiger partial charge in [-0.2, -0.15) is 0 Å². The van der Waals surface area contributed by atoms with Gasteiger partial charge in [-0.25, -0.2) is 4.39 Å². The molecular formula is C16H12Cl3FN4O3S. The number of nitro groups is 1. The van der Waals surface area contributed by atoms with Gasteiger partial charge in [0.1, 0.15) is 12.0 Å². The van der Waals surface area contributed by atoms with Crippen molar-refractivity contribution >= 4 is 69.4 Å². The molecule has 0 fully saturated rings. The largest absolute Gasteiger partial charge is 0.339 e. The zero-order chi connectivity index (χ0) is 20.9. The van der Waals surface area contributed by atoms with Crippen LogP contribution in [0, 0.1) is 15.9 Å². The molecule has 0 saturated carbocycles. The van der Waals surface area contributed by atoms with Gasteiger partial charge in [0.05, 0.1) is 4.92 Å². The van der Waals surface area contributed by atoms with Gasteiger partial charge in [0, 0.05) is 23.4 Å². The van der Waals surface area contributed by atoms with Crippen LogP contribution in [-0.2, 0) is 0 Å². The highest BCUT2D eigenvalue weighted by Gasteiger charge is 2.35. The summed E-state index contributed by atoms with van der Waals surface area (Å²) in [5, 5.41) is 18.6. The van der Waals surface area contributed by atoms with Gasteiger partial charge in [-0.15, -0.1) is 0 Å². The maximum atomic E-state index is 13.0. The minimum Gasteiger partial charge on any atom is -0.339 e. The van der Waals surface area contributed by atoms with Gasteiger partial charge in [-0.3, -0.25) is 14.9 Å². The second-order valence-electron chi connectivity index (χ2n) is 5.36. The van der Waals surface area contributed by atoms with E-state index in [1.54, 1.807) is 0 Å². The third-order valence-corrected chi connectivity index (χ3v) is 4.17. The van der Waals surface area contributed by atoms with Crippen LogP contribution in [0.3, 0.4) is 0 Å². The number of anilines is 1. The van der Waals surface area contributed by atoms with Gasteiger partial charge in [0.15, 0.2) is 5.11 Å². The molecule has 0 radical (unpaired) electrons. The molecule has 0 spiro atoms. The van der Waals surface area contributed by atoms with E-state index >= 15 is 0 Å². The lowest BCUT2D eigenvalue weighted by Crippen LogP contribution is -2.56. The molecule has 2 aromatic carbocycles. The number of halogens is 4. The molecule has 0 aliphatic heterocycles. The molecule has 0 aliphatic rings. The van der Waals surface area contributed by atoms with Gasteiger partial charge in [-0.1, -0.05) is 40.9 Å². The number of nitrogens with one attached hydrogen (secondary N) is 3. The Labute approximate surface area is 179 Å². The number of benzene rings is 2. The normalized spacial score (nSPS) is 12.0. The standard InChI is InChI=1S/C16H12Cl3FN4O3S/c17-16(18,19)14(23-15(28)21-11-6-4-10(20)5-7-11)22-13(25)9-2-1-3-12(8-9)24(26)27/h1-8,14H,(H,22,25)(H2,21,23,28)/t14-/m0/s1. The lowest BCUT2D eigenvalue weighted by molar-refractivity contribution is -0.384. The van der Waals surface area contributed by atoms with Crippen molar-refractivity contribution in [1.29, 1.82) is 0 Å². The van der Waals surface area contributed by atoms with Crippen LogP contribution in [0.5, 0.6) is 0 Å². The molecule has 148 valence electrons. The number of nitrogens with zero attached hydrogens (tertiary/aromatic N) is 1. The molecule has 0 bridgehead atoms. The smallest absolute Gasteiger partial charge is 0.270 e. The summed E-state index contributed by atoms with van der Waals surface area (Å²) >= 11 is 22.8. The van der Waals surface area contributed by atoms with Crippen molar-refractivity contribution in [2.24, 2.45) is 0 Å². The van der Waals surface area contributed by atoms with E-state index < -0.39 is 26.6 Å². The first-order chi connectivity index (χ1) is 13.1. The second kappa shape index (κ2) is 9.33. The summed E-state index contributed by atoms with van der Waals surface area (Å²) in [6.45, 7) is 0. The Bertz CT molecular complexity index is 893. The average molecular weight is 466 g/mol.